The van der Waals surface area contributed by atoms with Crippen LogP contribution in [0.15, 0.2) is 72.8 Å². The fraction of sp³-hybridized carbons (Fsp3) is 0.333. The van der Waals surface area contributed by atoms with Gasteiger partial charge in [0.1, 0.15) is 11.6 Å². The zero-order valence-electron chi connectivity index (χ0n) is 30.5. The number of ether oxygens (including phenoxy) is 3. The summed E-state index contributed by atoms with van der Waals surface area (Å²) in [4.78, 5) is 40.4. The fourth-order valence-electron chi connectivity index (χ4n) is 5.47. The summed E-state index contributed by atoms with van der Waals surface area (Å²) in [6.45, 7) is 3.84. The molecule has 0 aliphatic rings. The second kappa shape index (κ2) is 20.5. The van der Waals surface area contributed by atoms with Crippen LogP contribution in [0, 0.1) is 0 Å². The zero-order chi connectivity index (χ0) is 40.0. The van der Waals surface area contributed by atoms with Crippen LogP contribution in [0.2, 0.25) is 5.15 Å². The summed E-state index contributed by atoms with van der Waals surface area (Å²) in [6, 6.07) is 21.5. The van der Waals surface area contributed by atoms with Crippen molar-refractivity contribution < 1.29 is 54.3 Å². The average Bonchev–Trinajstić information content (AvgIpc) is 3.79. The Balaban J connectivity index is 1.26. The predicted molar refractivity (Wildman–Crippen MR) is 193 cm³/mol. The lowest BCUT2D eigenvalue weighted by Crippen LogP contribution is -2.19. The third kappa shape index (κ3) is 11.8. The van der Waals surface area contributed by atoms with Gasteiger partial charge >= 0.3 is 12.1 Å². The van der Waals surface area contributed by atoms with Gasteiger partial charge in [0.15, 0.2) is 10.8 Å². The van der Waals surface area contributed by atoms with Crippen molar-refractivity contribution in [2.45, 2.75) is 65.3 Å². The molecular weight excluding hydrogens is 756 g/mol. The molecule has 0 saturated carbocycles. The number of rotatable bonds is 20. The molecule has 0 aliphatic heterocycles. The van der Waals surface area contributed by atoms with Gasteiger partial charge < -0.3 is 18.8 Å². The maximum atomic E-state index is 13.2. The van der Waals surface area contributed by atoms with E-state index in [1.54, 1.807) is 23.6 Å². The highest BCUT2D eigenvalue weighted by Crippen LogP contribution is 2.31. The van der Waals surface area contributed by atoms with Gasteiger partial charge in [-0.2, -0.15) is 0 Å². The Morgan fingerprint density at radius 3 is 2.34 bits per heavy atom. The molecule has 1 atom stereocenters. The molecule has 20 heteroatoms. The summed E-state index contributed by atoms with van der Waals surface area (Å²) in [7, 11) is 0. The van der Waals surface area contributed by atoms with Crippen LogP contribution < -0.4 is 4.74 Å². The van der Waals surface area contributed by atoms with Crippen molar-refractivity contribution in [3.05, 3.63) is 101 Å². The molecule has 2 heterocycles. The number of imidazole rings is 1. The number of carbonyl (C=O) groups is 2. The maximum absolute atomic E-state index is 13.2. The smallest absolute Gasteiger partial charge is 0.461 e. The van der Waals surface area contributed by atoms with Gasteiger partial charge in [-0.1, -0.05) is 85.6 Å². The van der Waals surface area contributed by atoms with E-state index < -0.39 is 23.7 Å². The van der Waals surface area contributed by atoms with Crippen LogP contribution in [-0.2, 0) is 38.7 Å². The number of unbranched alkanes of at least 4 members (excludes halogenated alkanes) is 2. The first kappa shape index (κ1) is 41.8. The number of aryl methyl sites for hydroxylation is 1. The molecule has 0 radical (unpaired) electrons. The van der Waals surface area contributed by atoms with Crippen LogP contribution in [0.1, 0.15) is 73.2 Å². The molecule has 1 unspecified atom stereocenters. The third-order valence-corrected chi connectivity index (χ3v) is 8.43. The van der Waals surface area contributed by atoms with Gasteiger partial charge in [-0.25, -0.2) is 19.4 Å². The summed E-state index contributed by atoms with van der Waals surface area (Å²) in [5.41, 5.74) is 3.88. The number of carbonyl (C=O) groups excluding carboxylic acids is 2. The number of aromatic nitrogens is 6. The monoisotopic (exact) mass is 796 g/mol. The van der Waals surface area contributed by atoms with Crippen molar-refractivity contribution in [1.82, 2.24) is 40.5 Å². The van der Waals surface area contributed by atoms with E-state index in [-0.39, 0.29) is 47.6 Å². The normalized spacial score (nSPS) is 11.9. The van der Waals surface area contributed by atoms with Gasteiger partial charge in [0.2, 0.25) is 12.1 Å². The van der Waals surface area contributed by atoms with Crippen LogP contribution in [0.5, 0.6) is 5.75 Å². The summed E-state index contributed by atoms with van der Waals surface area (Å²) in [5.74, 6) is 0.478. The minimum atomic E-state index is -1.03. The van der Waals surface area contributed by atoms with E-state index in [4.69, 9.17) is 46.6 Å². The van der Waals surface area contributed by atoms with Crippen LogP contribution in [0.4, 0.5) is 4.79 Å². The van der Waals surface area contributed by atoms with Crippen LogP contribution >= 0.6 is 11.6 Å². The molecule has 298 valence electrons. The zero-order valence-corrected chi connectivity index (χ0v) is 31.2. The van der Waals surface area contributed by atoms with Crippen molar-refractivity contribution in [3.8, 4) is 28.3 Å². The highest BCUT2D eigenvalue weighted by Gasteiger charge is 2.24. The number of esters is 1. The molecule has 0 bridgehead atoms. The van der Waals surface area contributed by atoms with Crippen molar-refractivity contribution in [1.29, 1.82) is 0 Å². The van der Waals surface area contributed by atoms with Crippen molar-refractivity contribution in [3.63, 3.8) is 0 Å². The Morgan fingerprint density at radius 2 is 1.61 bits per heavy atom. The minimum absolute atomic E-state index is 0.0314. The SMILES string of the molecule is CCCCc1nc(Cl)c(C(=O)OCCCCON(O)O)n1Cc1ccc(-c2ccccc2-c2nnn(C(C)OC(=O)Oc3cccc(CON(O)O)c3)n2)cc1. The molecule has 0 amide bonds. The van der Waals surface area contributed by atoms with E-state index in [2.05, 4.69) is 37.0 Å². The molecular formula is C36H41ClN8O11. The highest BCUT2D eigenvalue weighted by atomic mass is 35.5. The van der Waals surface area contributed by atoms with E-state index in [9.17, 15) is 9.59 Å². The number of benzene rings is 3. The minimum Gasteiger partial charge on any atom is -0.461 e. The van der Waals surface area contributed by atoms with Crippen molar-refractivity contribution >= 4 is 23.7 Å². The van der Waals surface area contributed by atoms with E-state index in [1.165, 1.54) is 12.1 Å². The van der Waals surface area contributed by atoms with Gasteiger partial charge in [-0.15, -0.1) is 15.0 Å². The standard InChI is InChI=1S/C36H41ClN8O11/c1-3-4-14-31-38-33(37)32(35(46)52-19-7-8-20-53-44(48)49)42(31)22-25-15-17-27(18-16-25)29-12-5-6-13-30(29)34-39-41-43(40-34)24(2)55-36(47)56-28-11-9-10-26(21-28)23-54-45(50)51/h5-6,9-13,15-18,21,24,48-51H,3-4,7-8,14,19-20,22-23H2,1-2H3. The Bertz CT molecular complexity index is 2040. The van der Waals surface area contributed by atoms with Gasteiger partial charge in [-0.3, -0.25) is 25.7 Å². The topological polar surface area (TPSA) is 229 Å². The summed E-state index contributed by atoms with van der Waals surface area (Å²) in [5, 5.41) is 46.8. The quantitative estimate of drug-likeness (QED) is 0.0287. The van der Waals surface area contributed by atoms with Gasteiger partial charge in [0, 0.05) is 18.5 Å². The number of nitrogens with zero attached hydrogens (tertiary/aromatic N) is 8. The summed E-state index contributed by atoms with van der Waals surface area (Å²) >= 11 is 6.49. The molecule has 5 rings (SSSR count). The second-order valence-corrected chi connectivity index (χ2v) is 12.6. The van der Waals surface area contributed by atoms with Gasteiger partial charge in [0.25, 0.3) is 0 Å². The van der Waals surface area contributed by atoms with Crippen molar-refractivity contribution in [2.75, 3.05) is 13.2 Å². The molecule has 4 N–H and O–H groups in total. The average molecular weight is 797 g/mol. The van der Waals surface area contributed by atoms with E-state index >= 15 is 0 Å². The van der Waals surface area contributed by atoms with Crippen LogP contribution in [0.3, 0.4) is 0 Å². The lowest BCUT2D eigenvalue weighted by atomic mass is 9.98. The van der Waals surface area contributed by atoms with E-state index in [0.717, 1.165) is 34.3 Å². The number of halogens is 1. The summed E-state index contributed by atoms with van der Waals surface area (Å²) < 4.78 is 17.9. The Hall–Kier alpha value is -5.35. The Labute approximate surface area is 325 Å². The summed E-state index contributed by atoms with van der Waals surface area (Å²) in [6.07, 6.45) is 1.22. The number of hydrogen-bond acceptors (Lipinski definition) is 17. The fourth-order valence-corrected chi connectivity index (χ4v) is 5.74. The molecule has 5 aromatic rings. The van der Waals surface area contributed by atoms with E-state index in [1.807, 2.05) is 48.5 Å². The lowest BCUT2D eigenvalue weighted by Gasteiger charge is -2.13. The highest BCUT2D eigenvalue weighted by molar-refractivity contribution is 6.32. The molecule has 0 fully saturated rings. The molecule has 0 aliphatic carbocycles. The van der Waals surface area contributed by atoms with Crippen molar-refractivity contribution in [2.24, 2.45) is 0 Å². The van der Waals surface area contributed by atoms with Crippen LogP contribution in [-0.4, -0.2) is 86.7 Å². The van der Waals surface area contributed by atoms with Gasteiger partial charge in [0.05, 0.1) is 30.6 Å². The molecule has 3 aromatic carbocycles. The van der Waals surface area contributed by atoms with Crippen LogP contribution in [0.25, 0.3) is 22.5 Å². The van der Waals surface area contributed by atoms with E-state index in [0.29, 0.717) is 42.8 Å². The first-order chi connectivity index (χ1) is 27.0. The van der Waals surface area contributed by atoms with Gasteiger partial charge in [-0.05, 0) is 65.8 Å². The first-order valence-electron chi connectivity index (χ1n) is 17.5. The molecule has 19 nitrogen and oxygen atoms in total. The Kier molecular flexibility index (Phi) is 15.3. The largest absolute Gasteiger partial charge is 0.515 e. The number of hydrogen-bond donors (Lipinski definition) is 4. The molecule has 56 heavy (non-hydrogen) atoms. The molecule has 0 saturated heterocycles. The maximum Gasteiger partial charge on any atom is 0.515 e. The first-order valence-corrected chi connectivity index (χ1v) is 17.9. The Morgan fingerprint density at radius 1 is 0.875 bits per heavy atom. The third-order valence-electron chi connectivity index (χ3n) is 8.17. The molecule has 2 aromatic heterocycles. The molecule has 0 spiro atoms. The number of tetrazole rings is 1. The lowest BCUT2D eigenvalue weighted by molar-refractivity contribution is -0.497. The predicted octanol–water partition coefficient (Wildman–Crippen LogP) is 6.44. The second-order valence-electron chi connectivity index (χ2n) is 12.2.